The smallest absolute Gasteiger partial charge is 0.238 e. The summed E-state index contributed by atoms with van der Waals surface area (Å²) in [7, 11) is 0. The average Bonchev–Trinajstić information content (AvgIpc) is 2.67. The van der Waals surface area contributed by atoms with Gasteiger partial charge in [-0.3, -0.25) is 9.69 Å². The second kappa shape index (κ2) is 5.99. The monoisotopic (exact) mass is 254 g/mol. The molecule has 0 saturated carbocycles. The van der Waals surface area contributed by atoms with E-state index in [4.69, 9.17) is 5.73 Å². The van der Waals surface area contributed by atoms with Crippen molar-refractivity contribution in [3.63, 3.8) is 0 Å². The zero-order chi connectivity index (χ0) is 13.0. The molecule has 0 aliphatic carbocycles. The zero-order valence-corrected chi connectivity index (χ0v) is 11.4. The van der Waals surface area contributed by atoms with E-state index >= 15 is 0 Å². The lowest BCUT2D eigenvalue weighted by Crippen LogP contribution is -2.67. The first-order valence-electron chi connectivity index (χ1n) is 7.18. The van der Waals surface area contributed by atoms with Gasteiger partial charge in [0.15, 0.2) is 0 Å². The summed E-state index contributed by atoms with van der Waals surface area (Å²) in [6.45, 7) is 7.86. The van der Waals surface area contributed by atoms with Crippen LogP contribution in [0.3, 0.4) is 0 Å². The number of piperidine rings is 1. The molecule has 0 aromatic rings. The molecule has 0 aromatic carbocycles. The van der Waals surface area contributed by atoms with Crippen LogP contribution in [-0.2, 0) is 4.79 Å². The number of nitrogens with one attached hydrogen (secondary N) is 2. The van der Waals surface area contributed by atoms with Crippen molar-refractivity contribution in [3.05, 3.63) is 0 Å². The van der Waals surface area contributed by atoms with E-state index in [1.165, 1.54) is 0 Å². The molecule has 2 unspecified atom stereocenters. The Morgan fingerprint density at radius 3 is 2.89 bits per heavy atom. The van der Waals surface area contributed by atoms with Crippen molar-refractivity contribution in [3.8, 4) is 0 Å². The molecule has 0 spiro atoms. The number of hydrogen-bond acceptors (Lipinski definition) is 4. The minimum absolute atomic E-state index is 0.127. The summed E-state index contributed by atoms with van der Waals surface area (Å²) in [5.74, 6) is 0.208. The molecule has 0 bridgehead atoms. The molecule has 2 aliphatic heterocycles. The summed E-state index contributed by atoms with van der Waals surface area (Å²) in [5, 5.41) is 6.80. The summed E-state index contributed by atoms with van der Waals surface area (Å²) in [6, 6.07) is 0. The van der Waals surface area contributed by atoms with Gasteiger partial charge in [0.25, 0.3) is 0 Å². The Bertz CT molecular complexity index is 289. The summed E-state index contributed by atoms with van der Waals surface area (Å²) in [5.41, 5.74) is 5.40. The Labute approximate surface area is 109 Å². The number of nitrogens with two attached hydrogens (primary N) is 1. The van der Waals surface area contributed by atoms with Gasteiger partial charge >= 0.3 is 0 Å². The molecule has 0 aromatic heterocycles. The van der Waals surface area contributed by atoms with E-state index in [1.54, 1.807) is 0 Å². The number of nitrogens with zero attached hydrogens (tertiary/aromatic N) is 1. The fraction of sp³-hybridized carbons (Fsp3) is 0.923. The topological polar surface area (TPSA) is 70.4 Å². The van der Waals surface area contributed by atoms with Gasteiger partial charge in [-0.2, -0.15) is 0 Å². The van der Waals surface area contributed by atoms with Gasteiger partial charge in [-0.05, 0) is 38.3 Å². The van der Waals surface area contributed by atoms with Crippen LogP contribution in [0, 0.1) is 5.92 Å². The van der Waals surface area contributed by atoms with Crippen LogP contribution in [0.5, 0.6) is 0 Å². The quantitative estimate of drug-likeness (QED) is 0.636. The Morgan fingerprint density at radius 1 is 1.33 bits per heavy atom. The number of amides is 1. The van der Waals surface area contributed by atoms with Gasteiger partial charge < -0.3 is 16.4 Å². The van der Waals surface area contributed by atoms with Crippen LogP contribution in [0.1, 0.15) is 26.2 Å². The lowest BCUT2D eigenvalue weighted by Gasteiger charge is -2.49. The fourth-order valence-electron chi connectivity index (χ4n) is 3.55. The van der Waals surface area contributed by atoms with Crippen LogP contribution in [0.25, 0.3) is 0 Å². The molecule has 104 valence electrons. The summed E-state index contributed by atoms with van der Waals surface area (Å²) >= 11 is 0. The molecule has 5 nitrogen and oxygen atoms in total. The minimum Gasteiger partial charge on any atom is -0.368 e. The third-order valence-electron chi connectivity index (χ3n) is 4.57. The van der Waals surface area contributed by atoms with Crippen molar-refractivity contribution >= 4 is 5.91 Å². The third-order valence-corrected chi connectivity index (χ3v) is 4.57. The van der Waals surface area contributed by atoms with Crippen LogP contribution in [0.2, 0.25) is 0 Å². The largest absolute Gasteiger partial charge is 0.368 e. The van der Waals surface area contributed by atoms with E-state index in [-0.39, 0.29) is 5.91 Å². The van der Waals surface area contributed by atoms with E-state index < -0.39 is 5.54 Å². The van der Waals surface area contributed by atoms with Crippen LogP contribution >= 0.6 is 0 Å². The molecule has 0 radical (unpaired) electrons. The van der Waals surface area contributed by atoms with Crippen LogP contribution in [-0.4, -0.2) is 55.6 Å². The van der Waals surface area contributed by atoms with Crippen molar-refractivity contribution in [1.82, 2.24) is 15.5 Å². The molecule has 2 heterocycles. The molecular weight excluding hydrogens is 228 g/mol. The molecule has 2 atom stereocenters. The molecule has 1 amide bonds. The first-order valence-corrected chi connectivity index (χ1v) is 7.18. The van der Waals surface area contributed by atoms with Crippen LogP contribution in [0.4, 0.5) is 0 Å². The molecule has 2 saturated heterocycles. The normalized spacial score (nSPS) is 35.1. The number of rotatable bonds is 3. The summed E-state index contributed by atoms with van der Waals surface area (Å²) < 4.78 is 0. The van der Waals surface area contributed by atoms with Crippen molar-refractivity contribution in [2.75, 3.05) is 39.3 Å². The van der Waals surface area contributed by atoms with E-state index in [2.05, 4.69) is 22.5 Å². The van der Waals surface area contributed by atoms with Gasteiger partial charge in [0.05, 0.1) is 0 Å². The van der Waals surface area contributed by atoms with E-state index in [1.807, 2.05) is 0 Å². The van der Waals surface area contributed by atoms with Gasteiger partial charge in [0, 0.05) is 26.2 Å². The highest BCUT2D eigenvalue weighted by Crippen LogP contribution is 2.33. The zero-order valence-electron chi connectivity index (χ0n) is 11.4. The Kier molecular flexibility index (Phi) is 4.59. The van der Waals surface area contributed by atoms with E-state index in [0.717, 1.165) is 58.5 Å². The maximum atomic E-state index is 12.2. The standard InChI is InChI=1S/C13H26N4O/c1-2-11-10-16-6-4-13(11,12(14)18)17-8-3-5-15-7-9-17/h11,15-16H,2-10H2,1H3,(H2,14,18). The lowest BCUT2D eigenvalue weighted by molar-refractivity contribution is -0.136. The third kappa shape index (κ3) is 2.39. The van der Waals surface area contributed by atoms with Gasteiger partial charge in [-0.1, -0.05) is 6.92 Å². The van der Waals surface area contributed by atoms with E-state index in [9.17, 15) is 4.79 Å². The van der Waals surface area contributed by atoms with Gasteiger partial charge in [-0.15, -0.1) is 0 Å². The highest BCUT2D eigenvalue weighted by Gasteiger charge is 2.49. The Hall–Kier alpha value is -0.650. The lowest BCUT2D eigenvalue weighted by atomic mass is 9.74. The predicted octanol–water partition coefficient (Wildman–Crippen LogP) is -0.475. The molecular formula is C13H26N4O. The minimum atomic E-state index is -0.425. The van der Waals surface area contributed by atoms with E-state index in [0.29, 0.717) is 5.92 Å². The van der Waals surface area contributed by atoms with Crippen molar-refractivity contribution in [1.29, 1.82) is 0 Å². The van der Waals surface area contributed by atoms with Crippen molar-refractivity contribution < 1.29 is 4.79 Å². The first kappa shape index (κ1) is 13.8. The Balaban J connectivity index is 2.25. The molecule has 5 heteroatoms. The van der Waals surface area contributed by atoms with Gasteiger partial charge in [0.1, 0.15) is 5.54 Å². The summed E-state index contributed by atoms with van der Waals surface area (Å²) in [6.07, 6.45) is 2.94. The number of hydrogen-bond donors (Lipinski definition) is 3. The van der Waals surface area contributed by atoms with Crippen molar-refractivity contribution in [2.24, 2.45) is 11.7 Å². The Morgan fingerprint density at radius 2 is 2.17 bits per heavy atom. The number of carbonyl (C=O) groups excluding carboxylic acids is 1. The highest BCUT2D eigenvalue weighted by atomic mass is 16.1. The maximum Gasteiger partial charge on any atom is 0.238 e. The van der Waals surface area contributed by atoms with Crippen LogP contribution in [0.15, 0.2) is 0 Å². The molecule has 2 rings (SSSR count). The van der Waals surface area contributed by atoms with Gasteiger partial charge in [0.2, 0.25) is 5.91 Å². The predicted molar refractivity (Wildman–Crippen MR) is 72.3 cm³/mol. The molecule has 4 N–H and O–H groups in total. The average molecular weight is 254 g/mol. The van der Waals surface area contributed by atoms with Gasteiger partial charge in [-0.25, -0.2) is 0 Å². The SMILES string of the molecule is CCC1CNCCC1(C(N)=O)N1CCCNCC1. The number of primary amides is 1. The first-order chi connectivity index (χ1) is 8.71. The second-order valence-corrected chi connectivity index (χ2v) is 5.44. The molecule has 18 heavy (non-hydrogen) atoms. The van der Waals surface area contributed by atoms with Crippen LogP contribution < -0.4 is 16.4 Å². The molecule has 2 aliphatic rings. The maximum absolute atomic E-state index is 12.2. The molecule has 2 fully saturated rings. The highest BCUT2D eigenvalue weighted by molar-refractivity contribution is 5.85. The summed E-state index contributed by atoms with van der Waals surface area (Å²) in [4.78, 5) is 14.5. The number of carbonyl (C=O) groups is 1. The second-order valence-electron chi connectivity index (χ2n) is 5.44. The van der Waals surface area contributed by atoms with Crippen molar-refractivity contribution in [2.45, 2.75) is 31.7 Å². The fourth-order valence-corrected chi connectivity index (χ4v) is 3.55.